The highest BCUT2D eigenvalue weighted by Gasteiger charge is 2.42. The second-order valence-electron chi connectivity index (χ2n) is 4.64. The predicted octanol–water partition coefficient (Wildman–Crippen LogP) is 1.24. The molecule has 0 aliphatic carbocycles. The van der Waals surface area contributed by atoms with Crippen LogP contribution >= 0.6 is 0 Å². The fourth-order valence-electron chi connectivity index (χ4n) is 2.19. The van der Waals surface area contributed by atoms with Crippen molar-refractivity contribution in [3.05, 3.63) is 0 Å². The van der Waals surface area contributed by atoms with Gasteiger partial charge in [0.1, 0.15) is 0 Å². The van der Waals surface area contributed by atoms with Crippen LogP contribution in [0.25, 0.3) is 0 Å². The van der Waals surface area contributed by atoms with Gasteiger partial charge in [-0.2, -0.15) is 0 Å². The molecule has 0 bridgehead atoms. The maximum Gasteiger partial charge on any atom is 0.319 e. The molecule has 0 aromatic heterocycles. The van der Waals surface area contributed by atoms with E-state index in [2.05, 4.69) is 0 Å². The molecule has 0 saturated carbocycles. The van der Waals surface area contributed by atoms with Crippen molar-refractivity contribution < 1.29 is 14.7 Å². The van der Waals surface area contributed by atoms with Gasteiger partial charge in [-0.05, 0) is 19.3 Å². The molecule has 1 rings (SSSR count). The first-order chi connectivity index (χ1) is 7.43. The summed E-state index contributed by atoms with van der Waals surface area (Å²) < 4.78 is 0. The summed E-state index contributed by atoms with van der Waals surface area (Å²) in [6, 6.07) is -0.0984. The number of piperidine rings is 1. The highest BCUT2D eigenvalue weighted by Crippen LogP contribution is 2.33. The van der Waals surface area contributed by atoms with Crippen LogP contribution in [0, 0.1) is 5.41 Å². The average molecular weight is 228 g/mol. The zero-order valence-corrected chi connectivity index (χ0v) is 10.2. The van der Waals surface area contributed by atoms with Crippen molar-refractivity contribution in [3.8, 4) is 0 Å². The van der Waals surface area contributed by atoms with Gasteiger partial charge in [-0.15, -0.1) is 0 Å². The number of urea groups is 1. The van der Waals surface area contributed by atoms with Gasteiger partial charge < -0.3 is 14.9 Å². The fraction of sp³-hybridized carbons (Fsp3) is 0.818. The van der Waals surface area contributed by atoms with Crippen molar-refractivity contribution in [2.24, 2.45) is 5.41 Å². The third-order valence-electron chi connectivity index (χ3n) is 3.36. The number of nitrogens with zero attached hydrogens (tertiary/aromatic N) is 2. The Balaban J connectivity index is 2.80. The topological polar surface area (TPSA) is 60.9 Å². The number of hydrogen-bond acceptors (Lipinski definition) is 2. The summed E-state index contributed by atoms with van der Waals surface area (Å²) in [5.41, 5.74) is -0.746. The molecular formula is C11H20N2O3. The molecule has 0 radical (unpaired) electrons. The molecule has 5 nitrogen and oxygen atoms in total. The summed E-state index contributed by atoms with van der Waals surface area (Å²) in [6.45, 7) is 2.86. The average Bonchev–Trinajstić information content (AvgIpc) is 2.27. The zero-order chi connectivity index (χ0) is 12.3. The van der Waals surface area contributed by atoms with Gasteiger partial charge in [-0.3, -0.25) is 4.79 Å². The van der Waals surface area contributed by atoms with Crippen LogP contribution in [0.2, 0.25) is 0 Å². The van der Waals surface area contributed by atoms with Gasteiger partial charge in [0, 0.05) is 27.2 Å². The van der Waals surface area contributed by atoms with Gasteiger partial charge in [-0.25, -0.2) is 4.79 Å². The zero-order valence-electron chi connectivity index (χ0n) is 10.2. The Morgan fingerprint density at radius 2 is 2.06 bits per heavy atom. The molecule has 1 unspecified atom stereocenters. The number of carbonyl (C=O) groups is 2. The van der Waals surface area contributed by atoms with E-state index >= 15 is 0 Å². The second-order valence-corrected chi connectivity index (χ2v) is 4.64. The quantitative estimate of drug-likeness (QED) is 0.773. The molecule has 1 saturated heterocycles. The third-order valence-corrected chi connectivity index (χ3v) is 3.36. The number of likely N-dealkylation sites (tertiary alicyclic amines) is 1. The van der Waals surface area contributed by atoms with Gasteiger partial charge >= 0.3 is 12.0 Å². The molecule has 0 aromatic carbocycles. The monoisotopic (exact) mass is 228 g/mol. The maximum atomic E-state index is 11.8. The van der Waals surface area contributed by atoms with E-state index in [1.54, 1.807) is 19.0 Å². The Morgan fingerprint density at radius 3 is 2.50 bits per heavy atom. The maximum absolute atomic E-state index is 11.8. The van der Waals surface area contributed by atoms with E-state index < -0.39 is 11.4 Å². The van der Waals surface area contributed by atoms with E-state index in [1.165, 1.54) is 4.90 Å². The van der Waals surface area contributed by atoms with Crippen LogP contribution in [0.3, 0.4) is 0 Å². The van der Waals surface area contributed by atoms with E-state index in [0.717, 1.165) is 6.42 Å². The van der Waals surface area contributed by atoms with Crippen molar-refractivity contribution in [3.63, 3.8) is 0 Å². The molecule has 1 heterocycles. The summed E-state index contributed by atoms with van der Waals surface area (Å²) in [4.78, 5) is 26.2. The van der Waals surface area contributed by atoms with E-state index in [9.17, 15) is 14.7 Å². The van der Waals surface area contributed by atoms with E-state index in [1.807, 2.05) is 6.92 Å². The van der Waals surface area contributed by atoms with Crippen LogP contribution in [0.15, 0.2) is 0 Å². The Kier molecular flexibility index (Phi) is 3.78. The van der Waals surface area contributed by atoms with Gasteiger partial charge in [-0.1, -0.05) is 6.92 Å². The Hall–Kier alpha value is -1.26. The van der Waals surface area contributed by atoms with Gasteiger partial charge in [0.2, 0.25) is 0 Å². The standard InChI is InChI=1S/C11H20N2O3/c1-4-11(9(14)15)6-5-7-13(8-11)10(16)12(2)3/h4-8H2,1-3H3,(H,14,15). The minimum Gasteiger partial charge on any atom is -0.481 e. The van der Waals surface area contributed by atoms with Crippen LogP contribution < -0.4 is 0 Å². The van der Waals surface area contributed by atoms with Crippen LogP contribution in [0.4, 0.5) is 4.79 Å². The summed E-state index contributed by atoms with van der Waals surface area (Å²) >= 11 is 0. The number of carboxylic acid groups (broad SMARTS) is 1. The van der Waals surface area contributed by atoms with Crippen molar-refractivity contribution in [2.75, 3.05) is 27.2 Å². The highest BCUT2D eigenvalue weighted by molar-refractivity contribution is 5.78. The lowest BCUT2D eigenvalue weighted by Gasteiger charge is -2.40. The fourth-order valence-corrected chi connectivity index (χ4v) is 2.19. The van der Waals surface area contributed by atoms with Crippen molar-refractivity contribution in [2.45, 2.75) is 26.2 Å². The first-order valence-corrected chi connectivity index (χ1v) is 5.62. The van der Waals surface area contributed by atoms with E-state index in [4.69, 9.17) is 0 Å². The minimum absolute atomic E-state index is 0.0984. The Morgan fingerprint density at radius 1 is 1.44 bits per heavy atom. The normalized spacial score (nSPS) is 25.3. The summed E-state index contributed by atoms with van der Waals surface area (Å²) in [7, 11) is 3.37. The molecule has 5 heteroatoms. The second kappa shape index (κ2) is 4.72. The molecule has 0 aromatic rings. The molecule has 92 valence electrons. The molecule has 1 fully saturated rings. The predicted molar refractivity (Wildman–Crippen MR) is 60.2 cm³/mol. The number of hydrogen-bond donors (Lipinski definition) is 1. The van der Waals surface area contributed by atoms with Crippen molar-refractivity contribution >= 4 is 12.0 Å². The molecule has 1 aliphatic rings. The Labute approximate surface area is 96.0 Å². The first kappa shape index (κ1) is 12.8. The van der Waals surface area contributed by atoms with Crippen LogP contribution in [0.1, 0.15) is 26.2 Å². The first-order valence-electron chi connectivity index (χ1n) is 5.62. The van der Waals surface area contributed by atoms with Gasteiger partial charge in [0.15, 0.2) is 0 Å². The smallest absolute Gasteiger partial charge is 0.319 e. The molecule has 1 atom stereocenters. The number of aliphatic carboxylic acids is 1. The summed E-state index contributed by atoms with van der Waals surface area (Å²) in [5.74, 6) is -0.786. The van der Waals surface area contributed by atoms with Crippen molar-refractivity contribution in [1.82, 2.24) is 9.80 Å². The van der Waals surface area contributed by atoms with Gasteiger partial charge in [0.25, 0.3) is 0 Å². The largest absolute Gasteiger partial charge is 0.481 e. The lowest BCUT2D eigenvalue weighted by atomic mass is 9.78. The molecular weight excluding hydrogens is 208 g/mol. The van der Waals surface area contributed by atoms with Crippen LogP contribution in [-0.2, 0) is 4.79 Å². The number of carbonyl (C=O) groups excluding carboxylic acids is 1. The number of carboxylic acids is 1. The van der Waals surface area contributed by atoms with Crippen molar-refractivity contribution in [1.29, 1.82) is 0 Å². The van der Waals surface area contributed by atoms with E-state index in [0.29, 0.717) is 25.9 Å². The summed E-state index contributed by atoms with van der Waals surface area (Å²) in [6.07, 6.45) is 2.00. The molecule has 0 spiro atoms. The highest BCUT2D eigenvalue weighted by atomic mass is 16.4. The lowest BCUT2D eigenvalue weighted by Crippen LogP contribution is -2.52. The third kappa shape index (κ3) is 2.28. The number of rotatable bonds is 2. The molecule has 1 N–H and O–H groups in total. The lowest BCUT2D eigenvalue weighted by molar-refractivity contribution is -0.152. The minimum atomic E-state index is -0.786. The molecule has 16 heavy (non-hydrogen) atoms. The SMILES string of the molecule is CCC1(C(=O)O)CCCN(C(=O)N(C)C)C1. The van der Waals surface area contributed by atoms with Gasteiger partial charge in [0.05, 0.1) is 5.41 Å². The van der Waals surface area contributed by atoms with Crippen LogP contribution in [0.5, 0.6) is 0 Å². The van der Waals surface area contributed by atoms with Crippen LogP contribution in [-0.4, -0.2) is 54.1 Å². The van der Waals surface area contributed by atoms with E-state index in [-0.39, 0.29) is 6.03 Å². The summed E-state index contributed by atoms with van der Waals surface area (Å²) in [5, 5.41) is 9.28. The Bertz CT molecular complexity index is 291. The molecule has 2 amide bonds. The molecule has 1 aliphatic heterocycles. The number of amides is 2.